The lowest BCUT2D eigenvalue weighted by Gasteiger charge is -2.39. The highest BCUT2D eigenvalue weighted by atomic mass is 19.1. The SMILES string of the molecule is CNCC1CN(c2c(F)cc3c(=O)c(C(=O)O)cn(C4CC4)c3c2OC)CC(C)O1. The van der Waals surface area contributed by atoms with E-state index in [4.69, 9.17) is 9.47 Å². The molecule has 2 unspecified atom stereocenters. The first-order valence-corrected chi connectivity index (χ1v) is 10.1. The van der Waals surface area contributed by atoms with Gasteiger partial charge in [0, 0.05) is 31.9 Å². The van der Waals surface area contributed by atoms with E-state index >= 15 is 4.39 Å². The van der Waals surface area contributed by atoms with Gasteiger partial charge < -0.3 is 29.4 Å². The number of carboxylic acid groups (broad SMARTS) is 1. The molecule has 0 radical (unpaired) electrons. The Kier molecular flexibility index (Phi) is 5.42. The number of carboxylic acids is 1. The molecule has 8 nitrogen and oxygen atoms in total. The Hall–Kier alpha value is -2.65. The van der Waals surface area contributed by atoms with Crippen molar-refractivity contribution in [2.75, 3.05) is 38.7 Å². The molecule has 30 heavy (non-hydrogen) atoms. The van der Waals surface area contributed by atoms with Crippen molar-refractivity contribution in [2.45, 2.75) is 38.0 Å². The number of nitrogens with zero attached hydrogens (tertiary/aromatic N) is 2. The first-order valence-electron chi connectivity index (χ1n) is 10.1. The molecule has 2 fully saturated rings. The second kappa shape index (κ2) is 7.88. The molecule has 162 valence electrons. The van der Waals surface area contributed by atoms with Crippen LogP contribution in [0.2, 0.25) is 0 Å². The Labute approximate surface area is 173 Å². The molecule has 2 N–H and O–H groups in total. The number of anilines is 1. The molecular weight excluding hydrogens is 393 g/mol. The van der Waals surface area contributed by atoms with Crippen molar-refractivity contribution in [1.82, 2.24) is 9.88 Å². The van der Waals surface area contributed by atoms with Crippen molar-refractivity contribution in [3.63, 3.8) is 0 Å². The van der Waals surface area contributed by atoms with Gasteiger partial charge in [-0.05, 0) is 32.9 Å². The summed E-state index contributed by atoms with van der Waals surface area (Å²) in [5.41, 5.74) is -0.354. The van der Waals surface area contributed by atoms with E-state index in [1.807, 2.05) is 18.9 Å². The second-order valence-electron chi connectivity index (χ2n) is 7.98. The molecule has 1 aromatic carbocycles. The Morgan fingerprint density at radius 1 is 1.40 bits per heavy atom. The molecule has 0 bridgehead atoms. The number of carbonyl (C=O) groups is 1. The summed E-state index contributed by atoms with van der Waals surface area (Å²) in [4.78, 5) is 26.3. The average Bonchev–Trinajstić information content (AvgIpc) is 3.52. The number of nitrogens with one attached hydrogen (secondary N) is 1. The summed E-state index contributed by atoms with van der Waals surface area (Å²) in [6.07, 6.45) is 2.86. The zero-order valence-electron chi connectivity index (χ0n) is 17.3. The van der Waals surface area contributed by atoms with Gasteiger partial charge in [-0.3, -0.25) is 4.79 Å². The van der Waals surface area contributed by atoms with Gasteiger partial charge in [-0.2, -0.15) is 0 Å². The van der Waals surface area contributed by atoms with E-state index in [1.54, 1.807) is 4.57 Å². The molecule has 2 heterocycles. The Bertz CT molecular complexity index is 1050. The Balaban J connectivity index is 1.95. The molecule has 0 spiro atoms. The Morgan fingerprint density at radius 3 is 2.73 bits per heavy atom. The zero-order valence-corrected chi connectivity index (χ0v) is 17.3. The molecular formula is C21H26FN3O5. The van der Waals surface area contributed by atoms with Gasteiger partial charge in [-0.25, -0.2) is 9.18 Å². The van der Waals surface area contributed by atoms with Gasteiger partial charge in [0.1, 0.15) is 11.3 Å². The summed E-state index contributed by atoms with van der Waals surface area (Å²) < 4.78 is 28.7. The van der Waals surface area contributed by atoms with Crippen LogP contribution in [0, 0.1) is 5.82 Å². The molecule has 4 rings (SSSR count). The molecule has 9 heteroatoms. The lowest BCUT2D eigenvalue weighted by atomic mass is 10.1. The van der Waals surface area contributed by atoms with Crippen LogP contribution in [0.3, 0.4) is 0 Å². The number of pyridine rings is 1. The van der Waals surface area contributed by atoms with Crippen molar-refractivity contribution >= 4 is 22.6 Å². The quantitative estimate of drug-likeness (QED) is 0.740. The number of morpholine rings is 1. The van der Waals surface area contributed by atoms with Crippen molar-refractivity contribution in [1.29, 1.82) is 0 Å². The summed E-state index contributed by atoms with van der Waals surface area (Å²) in [5.74, 6) is -1.68. The third-order valence-corrected chi connectivity index (χ3v) is 5.65. The van der Waals surface area contributed by atoms with E-state index in [1.165, 1.54) is 13.3 Å². The number of likely N-dealkylation sites (N-methyl/N-ethyl adjacent to an activating group) is 1. The lowest BCUT2D eigenvalue weighted by molar-refractivity contribution is -0.0140. The van der Waals surface area contributed by atoms with E-state index in [9.17, 15) is 14.7 Å². The van der Waals surface area contributed by atoms with Gasteiger partial charge in [-0.1, -0.05) is 0 Å². The summed E-state index contributed by atoms with van der Waals surface area (Å²) in [6, 6.07) is 1.22. The highest BCUT2D eigenvalue weighted by Crippen LogP contribution is 2.44. The maximum atomic E-state index is 15.4. The van der Waals surface area contributed by atoms with Gasteiger partial charge >= 0.3 is 5.97 Å². The molecule has 2 aromatic rings. The number of halogens is 1. The van der Waals surface area contributed by atoms with Gasteiger partial charge in [0.25, 0.3) is 0 Å². The van der Waals surface area contributed by atoms with Crippen molar-refractivity contribution in [3.8, 4) is 5.75 Å². The van der Waals surface area contributed by atoms with Gasteiger partial charge in [0.15, 0.2) is 11.6 Å². The van der Waals surface area contributed by atoms with Crippen LogP contribution in [-0.4, -0.2) is 61.6 Å². The van der Waals surface area contributed by atoms with Crippen LogP contribution < -0.4 is 20.4 Å². The van der Waals surface area contributed by atoms with Gasteiger partial charge in [0.05, 0.1) is 30.2 Å². The zero-order chi connectivity index (χ0) is 21.6. The van der Waals surface area contributed by atoms with E-state index in [2.05, 4.69) is 5.32 Å². The van der Waals surface area contributed by atoms with E-state index in [-0.39, 0.29) is 40.6 Å². The molecule has 1 aromatic heterocycles. The molecule has 1 saturated carbocycles. The van der Waals surface area contributed by atoms with Gasteiger partial charge in [-0.15, -0.1) is 0 Å². The van der Waals surface area contributed by atoms with Crippen LogP contribution in [-0.2, 0) is 4.74 Å². The first kappa shape index (κ1) is 20.6. The van der Waals surface area contributed by atoms with Gasteiger partial charge in [0.2, 0.25) is 5.43 Å². The molecule has 1 aliphatic heterocycles. The monoisotopic (exact) mass is 419 g/mol. The van der Waals surface area contributed by atoms with E-state index in [0.29, 0.717) is 25.2 Å². The smallest absolute Gasteiger partial charge is 0.341 e. The van der Waals surface area contributed by atoms with Crippen LogP contribution in [0.25, 0.3) is 10.9 Å². The second-order valence-corrected chi connectivity index (χ2v) is 7.98. The highest BCUT2D eigenvalue weighted by molar-refractivity contribution is 5.97. The topological polar surface area (TPSA) is 93.0 Å². The summed E-state index contributed by atoms with van der Waals surface area (Å²) in [5, 5.41) is 12.6. The van der Waals surface area contributed by atoms with E-state index < -0.39 is 17.2 Å². The molecule has 2 aliphatic rings. The fraction of sp³-hybridized carbons (Fsp3) is 0.524. The molecule has 2 atom stereocenters. The minimum Gasteiger partial charge on any atom is -0.492 e. The maximum absolute atomic E-state index is 15.4. The molecule has 1 aliphatic carbocycles. The van der Waals surface area contributed by atoms with E-state index in [0.717, 1.165) is 18.9 Å². The van der Waals surface area contributed by atoms with Crippen molar-refractivity contribution < 1.29 is 23.8 Å². The summed E-state index contributed by atoms with van der Waals surface area (Å²) >= 11 is 0. The van der Waals surface area contributed by atoms with Crippen molar-refractivity contribution in [3.05, 3.63) is 33.9 Å². The maximum Gasteiger partial charge on any atom is 0.341 e. The summed E-state index contributed by atoms with van der Waals surface area (Å²) in [7, 11) is 3.28. The Morgan fingerprint density at radius 2 is 2.13 bits per heavy atom. The predicted octanol–water partition coefficient (Wildman–Crippen LogP) is 2.00. The van der Waals surface area contributed by atoms with Crippen LogP contribution in [0.4, 0.5) is 10.1 Å². The minimum absolute atomic E-state index is 0.0213. The van der Waals surface area contributed by atoms with Crippen LogP contribution in [0.5, 0.6) is 5.75 Å². The first-order chi connectivity index (χ1) is 14.3. The number of rotatable bonds is 6. The fourth-order valence-electron chi connectivity index (χ4n) is 4.29. The summed E-state index contributed by atoms with van der Waals surface area (Å²) in [6.45, 7) is 3.48. The third kappa shape index (κ3) is 3.52. The molecule has 0 amide bonds. The number of aromatic carboxylic acids is 1. The standard InChI is InChI=1S/C21H26FN3O5/c1-11-8-24(9-13(30-11)7-23-2)18-16(22)6-14-17(20(18)29-3)25(12-4-5-12)10-15(19(14)26)21(27)28/h6,10-13,23H,4-5,7-9H2,1-3H3,(H,27,28). The normalized spacial score (nSPS) is 21.8. The number of methoxy groups -OCH3 is 1. The van der Waals surface area contributed by atoms with Crippen molar-refractivity contribution in [2.24, 2.45) is 0 Å². The average molecular weight is 419 g/mol. The predicted molar refractivity (Wildman–Crippen MR) is 110 cm³/mol. The highest BCUT2D eigenvalue weighted by Gasteiger charge is 2.33. The number of ether oxygens (including phenoxy) is 2. The number of hydrogen-bond donors (Lipinski definition) is 2. The van der Waals surface area contributed by atoms with Crippen LogP contribution in [0.15, 0.2) is 17.1 Å². The number of hydrogen-bond acceptors (Lipinski definition) is 6. The fourth-order valence-corrected chi connectivity index (χ4v) is 4.29. The number of benzene rings is 1. The number of fused-ring (bicyclic) bond motifs is 1. The molecule has 1 saturated heterocycles. The third-order valence-electron chi connectivity index (χ3n) is 5.65. The van der Waals surface area contributed by atoms with Crippen LogP contribution >= 0.6 is 0 Å². The minimum atomic E-state index is -1.32. The van der Waals surface area contributed by atoms with Crippen LogP contribution in [0.1, 0.15) is 36.2 Å². The number of aromatic nitrogens is 1. The lowest BCUT2D eigenvalue weighted by Crippen LogP contribution is -2.50. The largest absolute Gasteiger partial charge is 0.492 e.